The summed E-state index contributed by atoms with van der Waals surface area (Å²) in [6, 6.07) is 14.2. The molecule has 0 radical (unpaired) electrons. The Bertz CT molecular complexity index is 615. The lowest BCUT2D eigenvalue weighted by atomic mass is 9.94. The van der Waals surface area contributed by atoms with E-state index in [2.05, 4.69) is 0 Å². The van der Waals surface area contributed by atoms with Gasteiger partial charge in [0.15, 0.2) is 0 Å². The van der Waals surface area contributed by atoms with Crippen LogP contribution in [0.3, 0.4) is 0 Å². The summed E-state index contributed by atoms with van der Waals surface area (Å²) < 4.78 is 29.3. The Morgan fingerprint density at radius 3 is 2.16 bits per heavy atom. The predicted octanol–water partition coefficient (Wildman–Crippen LogP) is 3.07. The number of anilines is 1. The van der Waals surface area contributed by atoms with Crippen molar-refractivity contribution in [3.8, 4) is 0 Å². The zero-order chi connectivity index (χ0) is 13.7. The first-order valence-corrected chi connectivity index (χ1v) is 5.98. The van der Waals surface area contributed by atoms with Crippen LogP contribution in [0.2, 0.25) is 0 Å². The number of hydrogen-bond donors (Lipinski definition) is 1. The van der Waals surface area contributed by atoms with Gasteiger partial charge in [0.05, 0.1) is 0 Å². The van der Waals surface area contributed by atoms with E-state index in [1.807, 2.05) is 0 Å². The van der Waals surface area contributed by atoms with Gasteiger partial charge in [0.25, 0.3) is 0 Å². The van der Waals surface area contributed by atoms with E-state index in [1.165, 1.54) is 30.1 Å². The normalized spacial score (nSPS) is 24.3. The number of hydrogen-bond acceptors (Lipinski definition) is 2. The zero-order valence-corrected chi connectivity index (χ0v) is 10.3. The number of nitrogens with zero attached hydrogens (tertiary/aromatic N) is 1. The van der Waals surface area contributed by atoms with Gasteiger partial charge < -0.3 is 10.0 Å². The van der Waals surface area contributed by atoms with E-state index in [0.29, 0.717) is 5.69 Å². The summed E-state index contributed by atoms with van der Waals surface area (Å²) in [7, 11) is 1.48. The molecule has 19 heavy (non-hydrogen) atoms. The first-order valence-electron chi connectivity index (χ1n) is 5.98. The molecule has 2 aromatic rings. The van der Waals surface area contributed by atoms with Crippen molar-refractivity contribution in [3.63, 3.8) is 0 Å². The average Bonchev–Trinajstić information content (AvgIpc) is 2.60. The van der Waals surface area contributed by atoms with Crippen molar-refractivity contribution < 1.29 is 13.9 Å². The molecule has 0 aromatic heterocycles. The summed E-state index contributed by atoms with van der Waals surface area (Å²) in [6.45, 7) is 0. The maximum Gasteiger partial charge on any atom is 0.326 e. The number of rotatable bonds is 1. The second kappa shape index (κ2) is 3.78. The highest BCUT2D eigenvalue weighted by Crippen LogP contribution is 2.56. The number of fused-ring (bicyclic) bond motifs is 1. The second-order valence-corrected chi connectivity index (χ2v) is 4.69. The van der Waals surface area contributed by atoms with Crippen LogP contribution < -0.4 is 4.90 Å². The lowest BCUT2D eigenvalue weighted by Crippen LogP contribution is -2.50. The molecular weight excluding hydrogens is 248 g/mol. The summed E-state index contributed by atoms with van der Waals surface area (Å²) in [6.07, 6.45) is 0. The fourth-order valence-electron chi connectivity index (χ4n) is 2.65. The van der Waals surface area contributed by atoms with Crippen LogP contribution in [0.15, 0.2) is 54.6 Å². The van der Waals surface area contributed by atoms with Gasteiger partial charge in [0, 0.05) is 23.9 Å². The SMILES string of the molecule is CN1c2ccccc2C(F)(F)C1(O)c1ccccc1. The highest BCUT2D eigenvalue weighted by Gasteiger charge is 2.64. The van der Waals surface area contributed by atoms with Gasteiger partial charge in [-0.15, -0.1) is 0 Å². The van der Waals surface area contributed by atoms with Gasteiger partial charge in [-0.3, -0.25) is 0 Å². The molecule has 1 atom stereocenters. The fraction of sp³-hybridized carbons (Fsp3) is 0.200. The maximum atomic E-state index is 14.6. The topological polar surface area (TPSA) is 23.5 Å². The van der Waals surface area contributed by atoms with Crippen molar-refractivity contribution in [1.29, 1.82) is 0 Å². The summed E-state index contributed by atoms with van der Waals surface area (Å²) in [5.74, 6) is -3.36. The Kier molecular flexibility index (Phi) is 2.41. The van der Waals surface area contributed by atoms with Crippen molar-refractivity contribution in [2.75, 3.05) is 11.9 Å². The molecule has 0 saturated heterocycles. The minimum atomic E-state index is -3.36. The molecule has 4 heteroatoms. The molecule has 1 N–H and O–H groups in total. The van der Waals surface area contributed by atoms with Crippen molar-refractivity contribution >= 4 is 5.69 Å². The van der Waals surface area contributed by atoms with Crippen LogP contribution in [0, 0.1) is 0 Å². The Morgan fingerprint density at radius 2 is 1.53 bits per heavy atom. The molecule has 0 bridgehead atoms. The van der Waals surface area contributed by atoms with Crippen molar-refractivity contribution in [1.82, 2.24) is 0 Å². The van der Waals surface area contributed by atoms with Gasteiger partial charge in [-0.2, -0.15) is 8.78 Å². The van der Waals surface area contributed by atoms with E-state index in [0.717, 1.165) is 0 Å². The lowest BCUT2D eigenvalue weighted by molar-refractivity contribution is -0.182. The van der Waals surface area contributed by atoms with E-state index < -0.39 is 11.6 Å². The molecule has 1 aliphatic rings. The van der Waals surface area contributed by atoms with Crippen molar-refractivity contribution in [3.05, 3.63) is 65.7 Å². The first-order chi connectivity index (χ1) is 8.99. The monoisotopic (exact) mass is 261 g/mol. The fourth-order valence-corrected chi connectivity index (χ4v) is 2.65. The molecule has 2 aromatic carbocycles. The number of para-hydroxylation sites is 1. The molecule has 0 spiro atoms. The van der Waals surface area contributed by atoms with Gasteiger partial charge in [-0.25, -0.2) is 0 Å². The first kappa shape index (κ1) is 12.1. The van der Waals surface area contributed by atoms with Crippen molar-refractivity contribution in [2.24, 2.45) is 0 Å². The molecule has 0 amide bonds. The minimum absolute atomic E-state index is 0.149. The molecule has 98 valence electrons. The highest BCUT2D eigenvalue weighted by atomic mass is 19.3. The number of alkyl halides is 2. The van der Waals surface area contributed by atoms with Gasteiger partial charge >= 0.3 is 5.92 Å². The largest absolute Gasteiger partial charge is 0.362 e. The van der Waals surface area contributed by atoms with Crippen LogP contribution in [0.25, 0.3) is 0 Å². The van der Waals surface area contributed by atoms with E-state index in [-0.39, 0.29) is 11.1 Å². The van der Waals surface area contributed by atoms with Crippen LogP contribution >= 0.6 is 0 Å². The molecule has 2 nitrogen and oxygen atoms in total. The Labute approximate surface area is 109 Å². The molecule has 3 rings (SSSR count). The van der Waals surface area contributed by atoms with E-state index >= 15 is 0 Å². The van der Waals surface area contributed by atoms with E-state index in [4.69, 9.17) is 0 Å². The Morgan fingerprint density at radius 1 is 0.947 bits per heavy atom. The third-order valence-electron chi connectivity index (χ3n) is 3.70. The van der Waals surface area contributed by atoms with Gasteiger partial charge in [0.1, 0.15) is 0 Å². The van der Waals surface area contributed by atoms with Crippen LogP contribution in [-0.4, -0.2) is 12.2 Å². The molecule has 1 heterocycles. The van der Waals surface area contributed by atoms with Gasteiger partial charge in [0.2, 0.25) is 5.72 Å². The highest BCUT2D eigenvalue weighted by molar-refractivity contribution is 5.64. The molecule has 0 fully saturated rings. The smallest absolute Gasteiger partial charge is 0.326 e. The molecule has 0 saturated carbocycles. The third kappa shape index (κ3) is 1.37. The van der Waals surface area contributed by atoms with Crippen LogP contribution in [0.4, 0.5) is 14.5 Å². The lowest BCUT2D eigenvalue weighted by Gasteiger charge is -2.36. The number of halogens is 2. The summed E-state index contributed by atoms with van der Waals surface area (Å²) >= 11 is 0. The molecular formula is C15H13F2NO. The second-order valence-electron chi connectivity index (χ2n) is 4.69. The minimum Gasteiger partial charge on any atom is -0.362 e. The maximum absolute atomic E-state index is 14.6. The molecule has 0 aliphatic carbocycles. The quantitative estimate of drug-likeness (QED) is 0.852. The number of benzene rings is 2. The van der Waals surface area contributed by atoms with Crippen molar-refractivity contribution in [2.45, 2.75) is 11.6 Å². The summed E-state index contributed by atoms with van der Waals surface area (Å²) in [5.41, 5.74) is -1.97. The zero-order valence-electron chi connectivity index (χ0n) is 10.3. The van der Waals surface area contributed by atoms with Crippen LogP contribution in [-0.2, 0) is 11.6 Å². The van der Waals surface area contributed by atoms with Crippen LogP contribution in [0.1, 0.15) is 11.1 Å². The Balaban J connectivity index is 2.25. The number of likely N-dealkylation sites (N-methyl/N-ethyl adjacent to an activating group) is 1. The Hall–Kier alpha value is -1.94. The molecule has 1 unspecified atom stereocenters. The predicted molar refractivity (Wildman–Crippen MR) is 69.1 cm³/mol. The third-order valence-corrected chi connectivity index (χ3v) is 3.70. The number of aliphatic hydroxyl groups is 1. The van der Waals surface area contributed by atoms with Gasteiger partial charge in [-0.05, 0) is 6.07 Å². The van der Waals surface area contributed by atoms with Crippen LogP contribution in [0.5, 0.6) is 0 Å². The average molecular weight is 261 g/mol. The summed E-state index contributed by atoms with van der Waals surface area (Å²) in [5, 5.41) is 10.7. The summed E-state index contributed by atoms with van der Waals surface area (Å²) in [4.78, 5) is 1.23. The van der Waals surface area contributed by atoms with Gasteiger partial charge in [-0.1, -0.05) is 48.5 Å². The van der Waals surface area contributed by atoms with E-state index in [1.54, 1.807) is 36.4 Å². The molecule has 1 aliphatic heterocycles. The van der Waals surface area contributed by atoms with E-state index in [9.17, 15) is 13.9 Å². The standard InChI is InChI=1S/C15H13F2NO/c1-18-13-10-6-5-9-12(13)14(16,17)15(18,19)11-7-3-2-4-8-11/h2-10,19H,1H3.